The molecule has 0 aromatic heterocycles. The fraction of sp³-hybridized carbons (Fsp3) is 0.0690. The molecule has 0 amide bonds. The predicted molar refractivity (Wildman–Crippen MR) is 257 cm³/mol. The Morgan fingerprint density at radius 3 is 0.767 bits per heavy atom. The van der Waals surface area contributed by atoms with Gasteiger partial charge in [-0.1, -0.05) is 203 Å². The molecule has 0 aliphatic rings. The van der Waals surface area contributed by atoms with E-state index >= 15 is 0 Å². The first kappa shape index (κ1) is 38.1. The third-order valence-electron chi connectivity index (χ3n) is 11.2. The van der Waals surface area contributed by atoms with Gasteiger partial charge in [0.25, 0.3) is 0 Å². The van der Waals surface area contributed by atoms with Gasteiger partial charge in [0.2, 0.25) is 0 Å². The molecule has 9 aromatic carbocycles. The van der Waals surface area contributed by atoms with Gasteiger partial charge in [0.1, 0.15) is 0 Å². The molecule has 2 heteroatoms. The highest BCUT2D eigenvalue weighted by atomic mass is 14.9. The van der Waals surface area contributed by atoms with Crippen LogP contribution in [0.15, 0.2) is 224 Å². The second-order valence-corrected chi connectivity index (χ2v) is 16.4. The Hall–Kier alpha value is -7.42. The van der Waals surface area contributed by atoms with Crippen molar-refractivity contribution < 1.29 is 0 Å². The quantitative estimate of drug-likeness (QED) is 0.145. The summed E-state index contributed by atoms with van der Waals surface area (Å²) in [5, 5.41) is 8.08. The van der Waals surface area contributed by atoms with Crippen molar-refractivity contribution in [1.82, 2.24) is 0 Å². The lowest BCUT2D eigenvalue weighted by Gasteiger charge is -2.25. The standard InChI is InChI=1S/C58H48N2/c1-58(2,3)49-38-50(59-56-52(43-26-14-6-15-27-43)34-47(41-22-10-4-11-23-41)35-53(56)44-28-16-7-17-29-44)40-51(39-49)60-57-54(45-30-18-8-19-31-45)36-48(42-24-12-5-13-25-42)37-55(57)46-32-20-9-21-33-46/h4-40,59-60H,1-3H3. The van der Waals surface area contributed by atoms with Gasteiger partial charge in [0.15, 0.2) is 0 Å². The zero-order chi connectivity index (χ0) is 40.9. The summed E-state index contributed by atoms with van der Waals surface area (Å²) in [6, 6.07) is 80.5. The van der Waals surface area contributed by atoms with Crippen LogP contribution in [0.4, 0.5) is 22.7 Å². The molecule has 0 unspecified atom stereocenters. The van der Waals surface area contributed by atoms with Crippen molar-refractivity contribution in [2.24, 2.45) is 0 Å². The van der Waals surface area contributed by atoms with Crippen molar-refractivity contribution in [3.8, 4) is 66.8 Å². The van der Waals surface area contributed by atoms with Gasteiger partial charge in [-0.15, -0.1) is 0 Å². The molecule has 0 radical (unpaired) electrons. The summed E-state index contributed by atoms with van der Waals surface area (Å²) in [6.07, 6.45) is 0. The first-order valence-electron chi connectivity index (χ1n) is 20.8. The number of hydrogen-bond donors (Lipinski definition) is 2. The molecule has 0 spiro atoms. The van der Waals surface area contributed by atoms with E-state index in [2.05, 4.69) is 256 Å². The monoisotopic (exact) mass is 772 g/mol. The molecule has 9 rings (SSSR count). The molecule has 2 nitrogen and oxygen atoms in total. The largest absolute Gasteiger partial charge is 0.354 e. The van der Waals surface area contributed by atoms with E-state index in [1.807, 2.05) is 0 Å². The Bertz CT molecular complexity index is 2530. The number of nitrogens with one attached hydrogen (secondary N) is 2. The number of benzene rings is 9. The SMILES string of the molecule is CC(C)(C)c1cc(Nc2c(-c3ccccc3)cc(-c3ccccc3)cc2-c2ccccc2)cc(Nc2c(-c3ccccc3)cc(-c3ccccc3)cc2-c2ccccc2)c1. The molecule has 0 heterocycles. The van der Waals surface area contributed by atoms with Crippen LogP contribution >= 0.6 is 0 Å². The molecule has 0 aliphatic heterocycles. The van der Waals surface area contributed by atoms with Crippen LogP contribution in [0.25, 0.3) is 66.8 Å². The van der Waals surface area contributed by atoms with E-state index in [1.165, 1.54) is 27.8 Å². The summed E-state index contributed by atoms with van der Waals surface area (Å²) in [6.45, 7) is 6.86. The van der Waals surface area contributed by atoms with Crippen LogP contribution in [-0.4, -0.2) is 0 Å². The van der Waals surface area contributed by atoms with Crippen LogP contribution in [0.2, 0.25) is 0 Å². The maximum atomic E-state index is 4.04. The summed E-state index contributed by atoms with van der Waals surface area (Å²) in [5.41, 5.74) is 19.1. The molecule has 0 saturated heterocycles. The number of rotatable bonds is 10. The van der Waals surface area contributed by atoms with Gasteiger partial charge >= 0.3 is 0 Å². The molecule has 0 aliphatic carbocycles. The van der Waals surface area contributed by atoms with Gasteiger partial charge in [-0.3, -0.25) is 0 Å². The van der Waals surface area contributed by atoms with Crippen LogP contribution in [-0.2, 0) is 5.41 Å². The average molecular weight is 773 g/mol. The number of hydrogen-bond acceptors (Lipinski definition) is 2. The third kappa shape index (κ3) is 8.27. The molecule has 0 atom stereocenters. The summed E-state index contributed by atoms with van der Waals surface area (Å²) in [5.74, 6) is 0. The molecule has 0 saturated carbocycles. The maximum absolute atomic E-state index is 4.04. The van der Waals surface area contributed by atoms with Crippen LogP contribution in [0.1, 0.15) is 26.3 Å². The fourth-order valence-corrected chi connectivity index (χ4v) is 8.02. The first-order valence-corrected chi connectivity index (χ1v) is 20.8. The van der Waals surface area contributed by atoms with Gasteiger partial charge in [-0.05, 0) is 98.0 Å². The fourth-order valence-electron chi connectivity index (χ4n) is 8.02. The molecular formula is C58H48N2. The van der Waals surface area contributed by atoms with Crippen LogP contribution in [0.3, 0.4) is 0 Å². The van der Waals surface area contributed by atoms with Crippen molar-refractivity contribution >= 4 is 22.7 Å². The lowest BCUT2D eigenvalue weighted by Crippen LogP contribution is -2.12. The Kier molecular flexibility index (Phi) is 10.7. The Morgan fingerprint density at radius 1 is 0.267 bits per heavy atom. The predicted octanol–water partition coefficient (Wildman–Crippen LogP) is 16.5. The second kappa shape index (κ2) is 16.8. The Labute approximate surface area is 354 Å². The van der Waals surface area contributed by atoms with Gasteiger partial charge in [-0.2, -0.15) is 0 Å². The van der Waals surface area contributed by atoms with E-state index in [-0.39, 0.29) is 5.41 Å². The normalized spacial score (nSPS) is 11.2. The van der Waals surface area contributed by atoms with E-state index in [9.17, 15) is 0 Å². The zero-order valence-electron chi connectivity index (χ0n) is 34.4. The molecule has 0 fully saturated rings. The lowest BCUT2D eigenvalue weighted by atomic mass is 9.86. The number of anilines is 4. The molecule has 2 N–H and O–H groups in total. The maximum Gasteiger partial charge on any atom is 0.0544 e. The topological polar surface area (TPSA) is 24.1 Å². The summed E-state index contributed by atoms with van der Waals surface area (Å²) >= 11 is 0. The van der Waals surface area contributed by atoms with Crippen molar-refractivity contribution in [2.75, 3.05) is 10.6 Å². The van der Waals surface area contributed by atoms with Crippen LogP contribution in [0.5, 0.6) is 0 Å². The summed E-state index contributed by atoms with van der Waals surface area (Å²) < 4.78 is 0. The van der Waals surface area contributed by atoms with Gasteiger partial charge < -0.3 is 10.6 Å². The minimum absolute atomic E-state index is 0.127. The Balaban J connectivity index is 1.24. The summed E-state index contributed by atoms with van der Waals surface area (Å²) in [4.78, 5) is 0. The van der Waals surface area contributed by atoms with E-state index in [4.69, 9.17) is 0 Å². The minimum atomic E-state index is -0.127. The third-order valence-corrected chi connectivity index (χ3v) is 11.2. The molecule has 0 bridgehead atoms. The minimum Gasteiger partial charge on any atom is -0.354 e. The first-order chi connectivity index (χ1) is 29.4. The van der Waals surface area contributed by atoms with Gasteiger partial charge in [0, 0.05) is 33.6 Å². The van der Waals surface area contributed by atoms with E-state index in [0.717, 1.165) is 67.3 Å². The van der Waals surface area contributed by atoms with Crippen LogP contribution < -0.4 is 10.6 Å². The van der Waals surface area contributed by atoms with Gasteiger partial charge in [-0.25, -0.2) is 0 Å². The lowest BCUT2D eigenvalue weighted by molar-refractivity contribution is 0.591. The van der Waals surface area contributed by atoms with Crippen molar-refractivity contribution in [3.05, 3.63) is 230 Å². The molecular weight excluding hydrogens is 725 g/mol. The van der Waals surface area contributed by atoms with Gasteiger partial charge in [0.05, 0.1) is 11.4 Å². The highest BCUT2D eigenvalue weighted by Crippen LogP contribution is 2.46. The highest BCUT2D eigenvalue weighted by molar-refractivity contribution is 5.98. The van der Waals surface area contributed by atoms with E-state index < -0.39 is 0 Å². The zero-order valence-corrected chi connectivity index (χ0v) is 34.4. The molecule has 290 valence electrons. The van der Waals surface area contributed by atoms with E-state index in [1.54, 1.807) is 0 Å². The highest BCUT2D eigenvalue weighted by Gasteiger charge is 2.21. The second-order valence-electron chi connectivity index (χ2n) is 16.4. The smallest absolute Gasteiger partial charge is 0.0544 e. The summed E-state index contributed by atoms with van der Waals surface area (Å²) in [7, 11) is 0. The van der Waals surface area contributed by atoms with Crippen LogP contribution in [0, 0.1) is 0 Å². The van der Waals surface area contributed by atoms with Crippen molar-refractivity contribution in [2.45, 2.75) is 26.2 Å². The molecule has 9 aromatic rings. The van der Waals surface area contributed by atoms with Crippen molar-refractivity contribution in [1.29, 1.82) is 0 Å². The van der Waals surface area contributed by atoms with E-state index in [0.29, 0.717) is 0 Å². The Morgan fingerprint density at radius 2 is 0.517 bits per heavy atom. The van der Waals surface area contributed by atoms with Crippen molar-refractivity contribution in [3.63, 3.8) is 0 Å². The average Bonchev–Trinajstić information content (AvgIpc) is 3.30. The molecule has 60 heavy (non-hydrogen) atoms.